The Kier molecular flexibility index (Phi) is 7.15. The van der Waals surface area contributed by atoms with Gasteiger partial charge in [0.25, 0.3) is 10.0 Å². The molecule has 2 heterocycles. The summed E-state index contributed by atoms with van der Waals surface area (Å²) in [6, 6.07) is 3.16. The van der Waals surface area contributed by atoms with Gasteiger partial charge < -0.3 is 10.6 Å². The van der Waals surface area contributed by atoms with Crippen LogP contribution in [0.4, 0.5) is 0 Å². The van der Waals surface area contributed by atoms with E-state index in [9.17, 15) is 18.0 Å². The predicted octanol–water partition coefficient (Wildman–Crippen LogP) is 1.10. The number of thiophene rings is 1. The summed E-state index contributed by atoms with van der Waals surface area (Å²) in [5, 5.41) is 6.68. The molecule has 138 valence electrons. The van der Waals surface area contributed by atoms with Crippen LogP contribution in [-0.4, -0.2) is 50.2 Å². The first kappa shape index (κ1) is 19.6. The third kappa shape index (κ3) is 5.13. The number of amides is 2. The lowest BCUT2D eigenvalue weighted by Crippen LogP contribution is -2.46. The summed E-state index contributed by atoms with van der Waals surface area (Å²) in [6.45, 7) is 4.42. The van der Waals surface area contributed by atoms with Gasteiger partial charge in [-0.1, -0.05) is 18.6 Å². The van der Waals surface area contributed by atoms with Crippen molar-refractivity contribution < 1.29 is 18.0 Å². The number of nitrogens with zero attached hydrogens (tertiary/aromatic N) is 1. The molecule has 25 heavy (non-hydrogen) atoms. The van der Waals surface area contributed by atoms with Crippen molar-refractivity contribution in [2.45, 2.75) is 35.9 Å². The summed E-state index contributed by atoms with van der Waals surface area (Å²) in [4.78, 5) is 23.2. The van der Waals surface area contributed by atoms with Crippen LogP contribution in [0, 0.1) is 0 Å². The largest absolute Gasteiger partial charge is 0.348 e. The third-order valence-electron chi connectivity index (χ3n) is 4.01. The van der Waals surface area contributed by atoms with Gasteiger partial charge in [0.2, 0.25) is 0 Å². The van der Waals surface area contributed by atoms with Crippen LogP contribution in [0.1, 0.15) is 25.7 Å². The van der Waals surface area contributed by atoms with Gasteiger partial charge in [0, 0.05) is 25.7 Å². The lowest BCUT2D eigenvalue weighted by atomic mass is 10.0. The molecule has 1 aliphatic heterocycles. The van der Waals surface area contributed by atoms with E-state index in [0.717, 1.165) is 19.3 Å². The minimum atomic E-state index is -3.50. The van der Waals surface area contributed by atoms with Crippen molar-refractivity contribution in [2.24, 2.45) is 0 Å². The number of carbonyl (C=O) groups is 2. The van der Waals surface area contributed by atoms with E-state index < -0.39 is 21.8 Å². The predicted molar refractivity (Wildman–Crippen MR) is 96.7 cm³/mol. The molecule has 0 saturated carbocycles. The van der Waals surface area contributed by atoms with Crippen LogP contribution in [0.3, 0.4) is 0 Å². The van der Waals surface area contributed by atoms with E-state index in [1.165, 1.54) is 21.7 Å². The van der Waals surface area contributed by atoms with E-state index in [2.05, 4.69) is 17.2 Å². The molecule has 1 fully saturated rings. The molecule has 1 atom stereocenters. The second-order valence-electron chi connectivity index (χ2n) is 5.74. The van der Waals surface area contributed by atoms with E-state index in [0.29, 0.717) is 17.2 Å². The molecule has 7 nitrogen and oxygen atoms in total. The smallest absolute Gasteiger partial charge is 0.309 e. The van der Waals surface area contributed by atoms with E-state index in [1.54, 1.807) is 17.5 Å². The van der Waals surface area contributed by atoms with Gasteiger partial charge in [0.15, 0.2) is 0 Å². The summed E-state index contributed by atoms with van der Waals surface area (Å²) in [5.74, 6) is -1.43. The highest BCUT2D eigenvalue weighted by atomic mass is 32.2. The second-order valence-corrected chi connectivity index (χ2v) is 8.81. The van der Waals surface area contributed by atoms with Gasteiger partial charge in [-0.05, 0) is 30.7 Å². The lowest BCUT2D eigenvalue weighted by molar-refractivity contribution is -0.139. The van der Waals surface area contributed by atoms with E-state index >= 15 is 0 Å². The highest BCUT2D eigenvalue weighted by molar-refractivity contribution is 7.91. The molecular weight excluding hydrogens is 362 g/mol. The molecule has 9 heteroatoms. The Morgan fingerprint density at radius 2 is 2.08 bits per heavy atom. The third-order valence-corrected chi connectivity index (χ3v) is 7.33. The number of piperidine rings is 1. The van der Waals surface area contributed by atoms with Gasteiger partial charge in [-0.15, -0.1) is 17.9 Å². The Labute approximate surface area is 152 Å². The zero-order valence-corrected chi connectivity index (χ0v) is 15.6. The first-order chi connectivity index (χ1) is 12.0. The van der Waals surface area contributed by atoms with Crippen LogP contribution in [0.25, 0.3) is 0 Å². The minimum Gasteiger partial charge on any atom is -0.348 e. The maximum atomic E-state index is 12.8. The Bertz CT molecular complexity index is 701. The average molecular weight is 386 g/mol. The van der Waals surface area contributed by atoms with Crippen LogP contribution < -0.4 is 10.6 Å². The highest BCUT2D eigenvalue weighted by Gasteiger charge is 2.33. The van der Waals surface area contributed by atoms with Crippen molar-refractivity contribution in [3.8, 4) is 0 Å². The Hall–Kier alpha value is -1.71. The van der Waals surface area contributed by atoms with Crippen LogP contribution in [0.2, 0.25) is 0 Å². The molecule has 1 aromatic heterocycles. The number of sulfonamides is 1. The number of carbonyl (C=O) groups excluding carboxylic acids is 2. The maximum absolute atomic E-state index is 12.8. The number of rotatable bonds is 7. The first-order valence-electron chi connectivity index (χ1n) is 8.19. The van der Waals surface area contributed by atoms with Crippen LogP contribution in [0.15, 0.2) is 34.4 Å². The number of nitrogens with one attached hydrogen (secondary N) is 2. The van der Waals surface area contributed by atoms with Crippen molar-refractivity contribution in [3.05, 3.63) is 30.2 Å². The summed E-state index contributed by atoms with van der Waals surface area (Å²) in [7, 11) is -3.50. The standard InChI is InChI=1S/C16H23N3O4S2/c1-2-9-17-15(20)16(21)18-10-8-13-6-3-4-11-19(13)25(22,23)14-7-5-12-24-14/h2,5,7,12-13H,1,3-4,6,8-11H2,(H,17,20)(H,18,21)/t13-/m1/s1. The van der Waals surface area contributed by atoms with Crippen LogP contribution in [-0.2, 0) is 19.6 Å². The minimum absolute atomic E-state index is 0.169. The fourth-order valence-corrected chi connectivity index (χ4v) is 5.63. The van der Waals surface area contributed by atoms with Crippen molar-refractivity contribution in [2.75, 3.05) is 19.6 Å². The van der Waals surface area contributed by atoms with Gasteiger partial charge in [0.05, 0.1) is 0 Å². The van der Waals surface area contributed by atoms with Crippen molar-refractivity contribution in [1.29, 1.82) is 0 Å². The SMILES string of the molecule is C=CCNC(=O)C(=O)NCC[C@H]1CCCCN1S(=O)(=O)c1cccs1. The van der Waals surface area contributed by atoms with Crippen molar-refractivity contribution in [3.63, 3.8) is 0 Å². The topological polar surface area (TPSA) is 95.6 Å². The first-order valence-corrected chi connectivity index (χ1v) is 10.5. The van der Waals surface area contributed by atoms with Gasteiger partial charge in [-0.3, -0.25) is 9.59 Å². The van der Waals surface area contributed by atoms with E-state index in [4.69, 9.17) is 0 Å². The quantitative estimate of drug-likeness (QED) is 0.543. The van der Waals surface area contributed by atoms with Gasteiger partial charge in [-0.2, -0.15) is 4.31 Å². The fourth-order valence-electron chi connectivity index (χ4n) is 2.78. The van der Waals surface area contributed by atoms with Crippen molar-refractivity contribution in [1.82, 2.24) is 14.9 Å². The molecule has 2 amide bonds. The molecule has 0 unspecified atom stereocenters. The molecule has 2 rings (SSSR count). The van der Waals surface area contributed by atoms with E-state index in [-0.39, 0.29) is 19.1 Å². The molecule has 0 bridgehead atoms. The Balaban J connectivity index is 1.92. The summed E-state index contributed by atoms with van der Waals surface area (Å²) in [5.41, 5.74) is 0. The molecular formula is C16H23N3O4S2. The highest BCUT2D eigenvalue weighted by Crippen LogP contribution is 2.28. The maximum Gasteiger partial charge on any atom is 0.309 e. The monoisotopic (exact) mass is 385 g/mol. The summed E-state index contributed by atoms with van der Waals surface area (Å²) >= 11 is 1.21. The zero-order valence-electron chi connectivity index (χ0n) is 13.9. The number of hydrogen-bond donors (Lipinski definition) is 2. The summed E-state index contributed by atoms with van der Waals surface area (Å²) in [6.07, 6.45) is 4.50. The van der Waals surface area contributed by atoms with E-state index in [1.807, 2.05) is 0 Å². The molecule has 0 spiro atoms. The average Bonchev–Trinajstić information content (AvgIpc) is 3.15. The molecule has 2 N–H and O–H groups in total. The lowest BCUT2D eigenvalue weighted by Gasteiger charge is -2.34. The molecule has 0 aliphatic carbocycles. The second kappa shape index (κ2) is 9.12. The fraction of sp³-hybridized carbons (Fsp3) is 0.500. The van der Waals surface area contributed by atoms with Gasteiger partial charge in [0.1, 0.15) is 4.21 Å². The molecule has 1 saturated heterocycles. The Morgan fingerprint density at radius 1 is 1.32 bits per heavy atom. The van der Waals surface area contributed by atoms with Crippen LogP contribution >= 0.6 is 11.3 Å². The molecule has 0 aromatic carbocycles. The molecule has 0 radical (unpaired) electrons. The van der Waals surface area contributed by atoms with Crippen molar-refractivity contribution >= 4 is 33.2 Å². The Morgan fingerprint density at radius 3 is 2.76 bits per heavy atom. The van der Waals surface area contributed by atoms with Gasteiger partial charge in [-0.25, -0.2) is 8.42 Å². The normalized spacial score (nSPS) is 18.5. The molecule has 1 aliphatic rings. The molecule has 1 aromatic rings. The van der Waals surface area contributed by atoms with Gasteiger partial charge >= 0.3 is 11.8 Å². The summed E-state index contributed by atoms with van der Waals surface area (Å²) < 4.78 is 27.4. The zero-order chi connectivity index (χ0) is 18.3. The number of hydrogen-bond acceptors (Lipinski definition) is 5. The van der Waals surface area contributed by atoms with Crippen LogP contribution in [0.5, 0.6) is 0 Å².